The van der Waals surface area contributed by atoms with E-state index in [2.05, 4.69) is 37.2 Å². The first kappa shape index (κ1) is 21.7. The fourth-order valence-corrected chi connectivity index (χ4v) is 4.30. The summed E-state index contributed by atoms with van der Waals surface area (Å²) in [5, 5.41) is 8.89. The molecule has 0 aliphatic carbocycles. The molecule has 5 heterocycles. The highest BCUT2D eigenvalue weighted by Crippen LogP contribution is 2.35. The standard InChI is InChI=1S/C22H23ClF2N8/c1-32-6-3-14(4-7-32)33-12-16(18-2-5-26-22(30-18)29-11-19(24)25)20(31-33)13-8-15-17(23)10-28-21(15)27-9-13/h2,5,8-10,12,14,19H,3-4,6-7,11H2,1H3,(H,27,28)(H,26,29,30). The Balaban J connectivity index is 1.58. The number of alkyl halides is 2. The Labute approximate surface area is 194 Å². The van der Waals surface area contributed by atoms with Gasteiger partial charge in [0.25, 0.3) is 6.43 Å². The van der Waals surface area contributed by atoms with Crippen molar-refractivity contribution in [3.8, 4) is 22.5 Å². The van der Waals surface area contributed by atoms with Crippen LogP contribution in [0.1, 0.15) is 18.9 Å². The van der Waals surface area contributed by atoms with E-state index in [1.807, 2.05) is 16.9 Å². The Bertz CT molecular complexity index is 1260. The zero-order chi connectivity index (χ0) is 22.9. The van der Waals surface area contributed by atoms with Crippen molar-refractivity contribution < 1.29 is 8.78 Å². The van der Waals surface area contributed by atoms with Crippen molar-refractivity contribution >= 4 is 28.6 Å². The molecule has 2 N–H and O–H groups in total. The van der Waals surface area contributed by atoms with E-state index in [9.17, 15) is 8.78 Å². The van der Waals surface area contributed by atoms with Gasteiger partial charge >= 0.3 is 0 Å². The van der Waals surface area contributed by atoms with Gasteiger partial charge in [-0.05, 0) is 45.1 Å². The van der Waals surface area contributed by atoms with Crippen molar-refractivity contribution in [1.29, 1.82) is 0 Å². The molecule has 0 saturated carbocycles. The molecule has 0 bridgehead atoms. The molecule has 1 aliphatic rings. The molecule has 0 spiro atoms. The van der Waals surface area contributed by atoms with Gasteiger partial charge in [-0.1, -0.05) is 11.6 Å². The number of anilines is 1. The fourth-order valence-electron chi connectivity index (χ4n) is 4.10. The Kier molecular flexibility index (Phi) is 5.94. The van der Waals surface area contributed by atoms with Crippen LogP contribution in [0.3, 0.4) is 0 Å². The highest BCUT2D eigenvalue weighted by atomic mass is 35.5. The van der Waals surface area contributed by atoms with Crippen LogP contribution < -0.4 is 5.32 Å². The number of piperidine rings is 1. The third kappa shape index (κ3) is 4.53. The maximum Gasteiger partial charge on any atom is 0.255 e. The van der Waals surface area contributed by atoms with Crippen LogP contribution in [0.5, 0.6) is 0 Å². The minimum Gasteiger partial charge on any atom is -0.348 e. The number of nitrogens with one attached hydrogen (secondary N) is 2. The first-order chi connectivity index (χ1) is 16.0. The number of fused-ring (bicyclic) bond motifs is 1. The molecule has 1 saturated heterocycles. The summed E-state index contributed by atoms with van der Waals surface area (Å²) in [7, 11) is 2.12. The number of aromatic nitrogens is 6. The summed E-state index contributed by atoms with van der Waals surface area (Å²) in [6.45, 7) is 1.48. The van der Waals surface area contributed by atoms with E-state index in [1.165, 1.54) is 0 Å². The number of pyridine rings is 1. The maximum absolute atomic E-state index is 12.6. The summed E-state index contributed by atoms with van der Waals surface area (Å²) in [5.74, 6) is 0.146. The molecule has 0 aromatic carbocycles. The molecule has 5 rings (SSSR count). The summed E-state index contributed by atoms with van der Waals surface area (Å²) in [5.41, 5.74) is 3.58. The molecule has 0 atom stereocenters. The van der Waals surface area contributed by atoms with E-state index in [0.717, 1.165) is 42.4 Å². The molecule has 0 unspecified atom stereocenters. The lowest BCUT2D eigenvalue weighted by atomic mass is 10.1. The SMILES string of the molecule is CN1CCC(n2cc(-c3ccnc(NCC(F)F)n3)c(-c3cnc4[nH]cc(Cl)c4c3)n2)CC1. The molecule has 4 aromatic rings. The normalized spacial score (nSPS) is 15.5. The van der Waals surface area contributed by atoms with Crippen LogP contribution in [-0.2, 0) is 0 Å². The van der Waals surface area contributed by atoms with E-state index in [1.54, 1.807) is 24.7 Å². The third-order valence-corrected chi connectivity index (χ3v) is 6.21. The van der Waals surface area contributed by atoms with Gasteiger partial charge in [-0.25, -0.2) is 23.7 Å². The van der Waals surface area contributed by atoms with Crippen molar-refractivity contribution in [2.45, 2.75) is 25.3 Å². The number of halogens is 3. The van der Waals surface area contributed by atoms with Gasteiger partial charge in [0, 0.05) is 41.3 Å². The first-order valence-corrected chi connectivity index (χ1v) is 11.1. The quantitative estimate of drug-likeness (QED) is 0.430. The molecule has 8 nitrogen and oxygen atoms in total. The van der Waals surface area contributed by atoms with E-state index in [0.29, 0.717) is 22.1 Å². The van der Waals surface area contributed by atoms with Gasteiger partial charge in [-0.2, -0.15) is 5.10 Å². The number of aromatic amines is 1. The molecular formula is C22H23ClF2N8. The lowest BCUT2D eigenvalue weighted by Gasteiger charge is -2.29. The molecule has 1 aliphatic heterocycles. The van der Waals surface area contributed by atoms with Crippen LogP contribution in [0.4, 0.5) is 14.7 Å². The summed E-state index contributed by atoms with van der Waals surface area (Å²) in [6.07, 6.45) is 6.46. The number of hydrogen-bond donors (Lipinski definition) is 2. The Morgan fingerprint density at radius 2 is 2.09 bits per heavy atom. The predicted octanol–water partition coefficient (Wildman–Crippen LogP) is 4.48. The maximum atomic E-state index is 12.6. The first-order valence-electron chi connectivity index (χ1n) is 10.7. The van der Waals surface area contributed by atoms with Gasteiger partial charge in [-0.15, -0.1) is 0 Å². The van der Waals surface area contributed by atoms with E-state index in [4.69, 9.17) is 16.7 Å². The average Bonchev–Trinajstić information content (AvgIpc) is 3.42. The molecule has 11 heteroatoms. The number of hydrogen-bond acceptors (Lipinski definition) is 6. The number of rotatable bonds is 6. The highest BCUT2D eigenvalue weighted by Gasteiger charge is 2.23. The second-order valence-corrected chi connectivity index (χ2v) is 8.61. The zero-order valence-electron chi connectivity index (χ0n) is 18.0. The van der Waals surface area contributed by atoms with Crippen LogP contribution in [0, 0.1) is 0 Å². The van der Waals surface area contributed by atoms with Crippen molar-refractivity contribution in [2.75, 3.05) is 32.0 Å². The van der Waals surface area contributed by atoms with Gasteiger partial charge in [0.15, 0.2) is 0 Å². The summed E-state index contributed by atoms with van der Waals surface area (Å²) in [4.78, 5) is 18.4. The molecule has 0 radical (unpaired) electrons. The topological polar surface area (TPSA) is 87.5 Å². The van der Waals surface area contributed by atoms with Crippen molar-refractivity contribution in [3.05, 3.63) is 41.9 Å². The zero-order valence-corrected chi connectivity index (χ0v) is 18.7. The average molecular weight is 473 g/mol. The fraction of sp³-hybridized carbons (Fsp3) is 0.364. The highest BCUT2D eigenvalue weighted by molar-refractivity contribution is 6.35. The number of likely N-dealkylation sites (tertiary alicyclic amines) is 1. The van der Waals surface area contributed by atoms with E-state index < -0.39 is 13.0 Å². The number of nitrogens with zero attached hydrogens (tertiary/aromatic N) is 6. The summed E-state index contributed by atoms with van der Waals surface area (Å²) in [6, 6.07) is 3.96. The van der Waals surface area contributed by atoms with Crippen LogP contribution in [0.25, 0.3) is 33.5 Å². The van der Waals surface area contributed by atoms with E-state index in [-0.39, 0.29) is 12.0 Å². The lowest BCUT2D eigenvalue weighted by molar-refractivity contribution is 0.163. The number of H-pyrrole nitrogens is 1. The minimum absolute atomic E-state index is 0.146. The van der Waals surface area contributed by atoms with Crippen molar-refractivity contribution in [2.24, 2.45) is 0 Å². The monoisotopic (exact) mass is 472 g/mol. The Morgan fingerprint density at radius 1 is 1.27 bits per heavy atom. The van der Waals surface area contributed by atoms with Gasteiger partial charge in [0.1, 0.15) is 11.3 Å². The van der Waals surface area contributed by atoms with E-state index >= 15 is 0 Å². The molecule has 4 aromatic heterocycles. The molecule has 172 valence electrons. The van der Waals surface area contributed by atoms with Crippen molar-refractivity contribution in [3.63, 3.8) is 0 Å². The van der Waals surface area contributed by atoms with Gasteiger partial charge in [-0.3, -0.25) is 4.68 Å². The van der Waals surface area contributed by atoms with Gasteiger partial charge in [0.2, 0.25) is 5.95 Å². The third-order valence-electron chi connectivity index (χ3n) is 5.89. The largest absolute Gasteiger partial charge is 0.348 e. The summed E-state index contributed by atoms with van der Waals surface area (Å²) < 4.78 is 27.3. The molecule has 33 heavy (non-hydrogen) atoms. The van der Waals surface area contributed by atoms with Crippen molar-refractivity contribution in [1.82, 2.24) is 34.6 Å². The second kappa shape index (κ2) is 9.03. The Morgan fingerprint density at radius 3 is 2.88 bits per heavy atom. The van der Waals surface area contributed by atoms with Crippen LogP contribution in [-0.4, -0.2) is 67.7 Å². The lowest BCUT2D eigenvalue weighted by Crippen LogP contribution is -2.31. The predicted molar refractivity (Wildman–Crippen MR) is 124 cm³/mol. The Hall–Kier alpha value is -3.11. The molecule has 1 fully saturated rings. The van der Waals surface area contributed by atoms with Gasteiger partial charge < -0.3 is 15.2 Å². The van der Waals surface area contributed by atoms with Crippen LogP contribution in [0.2, 0.25) is 5.02 Å². The van der Waals surface area contributed by atoms with Crippen LogP contribution >= 0.6 is 11.6 Å². The molecule has 0 amide bonds. The smallest absolute Gasteiger partial charge is 0.255 e. The second-order valence-electron chi connectivity index (χ2n) is 8.20. The molecular weight excluding hydrogens is 450 g/mol. The van der Waals surface area contributed by atoms with Gasteiger partial charge in [0.05, 0.1) is 23.3 Å². The minimum atomic E-state index is -2.50. The van der Waals surface area contributed by atoms with Crippen LogP contribution in [0.15, 0.2) is 36.9 Å². The summed E-state index contributed by atoms with van der Waals surface area (Å²) >= 11 is 6.32.